The number of nitrogens with zero attached hydrogens (tertiary/aromatic N) is 4. The number of carbonyl (C=O) groups is 3. The number of carbonyl (C=O) groups excluding carboxylic acids is 2. The van der Waals surface area contributed by atoms with Crippen LogP contribution in [0.2, 0.25) is 0 Å². The van der Waals surface area contributed by atoms with E-state index in [-0.39, 0.29) is 41.3 Å². The lowest BCUT2D eigenvalue weighted by Gasteiger charge is -2.59. The summed E-state index contributed by atoms with van der Waals surface area (Å²) in [5.74, 6) is -1.93. The molecule has 5 fully saturated rings. The van der Waals surface area contributed by atoms with Gasteiger partial charge in [-0.05, 0) is 88.4 Å². The number of nitrogens with one attached hydrogen (secondary N) is 1. The summed E-state index contributed by atoms with van der Waals surface area (Å²) in [6.07, 6.45) is 7.18. The van der Waals surface area contributed by atoms with Gasteiger partial charge in [0.05, 0.1) is 5.41 Å². The molecule has 1 aliphatic heterocycles. The molecule has 0 radical (unpaired) electrons. The lowest BCUT2D eigenvalue weighted by Crippen LogP contribution is -2.65. The van der Waals surface area contributed by atoms with Crippen LogP contribution in [-0.4, -0.2) is 72.0 Å². The van der Waals surface area contributed by atoms with Gasteiger partial charge >= 0.3 is 17.7 Å². The largest absolute Gasteiger partial charge is 0.494 e. The number of hydrogen-bond acceptors (Lipinski definition) is 7. The van der Waals surface area contributed by atoms with Gasteiger partial charge in [-0.25, -0.2) is 9.59 Å². The molecule has 4 saturated carbocycles. The Morgan fingerprint density at radius 1 is 1.02 bits per heavy atom. The maximum Gasteiger partial charge on any atom is 0.334 e. The van der Waals surface area contributed by atoms with E-state index < -0.39 is 45.9 Å². The van der Waals surface area contributed by atoms with E-state index in [4.69, 9.17) is 11.1 Å². The summed E-state index contributed by atoms with van der Waals surface area (Å²) in [5, 5.41) is 28.1. The molecule has 1 aromatic rings. The number of imide groups is 1. The van der Waals surface area contributed by atoms with Gasteiger partial charge in [0.1, 0.15) is 16.9 Å². The van der Waals surface area contributed by atoms with Crippen molar-refractivity contribution in [2.24, 2.45) is 28.4 Å². The van der Waals surface area contributed by atoms with Gasteiger partial charge < -0.3 is 20.8 Å². The molecule has 2 spiro atoms. The molecular weight excluding hydrogens is 544 g/mol. The van der Waals surface area contributed by atoms with Crippen LogP contribution >= 0.6 is 0 Å². The van der Waals surface area contributed by atoms with Crippen molar-refractivity contribution in [3.63, 3.8) is 0 Å². The Hall–Kier alpha value is -3.64. The fourth-order valence-corrected chi connectivity index (χ4v) is 8.58. The van der Waals surface area contributed by atoms with Crippen molar-refractivity contribution in [2.45, 2.75) is 95.7 Å². The minimum Gasteiger partial charge on any atom is -0.494 e. The Morgan fingerprint density at radius 3 is 2.17 bits per heavy atom. The zero-order valence-electron chi connectivity index (χ0n) is 24.2. The van der Waals surface area contributed by atoms with Crippen molar-refractivity contribution in [1.29, 1.82) is 5.41 Å². The molecule has 3 amide bonds. The molecule has 42 heavy (non-hydrogen) atoms. The average molecular weight is 585 g/mol. The fourth-order valence-electron chi connectivity index (χ4n) is 8.58. The highest BCUT2D eigenvalue weighted by molar-refractivity contribution is 6.07. The van der Waals surface area contributed by atoms with Gasteiger partial charge in [-0.1, -0.05) is 6.42 Å². The average Bonchev–Trinajstić information content (AvgIpc) is 3.03. The second-order valence-electron chi connectivity index (χ2n) is 14.0. The molecule has 1 aromatic heterocycles. The molecule has 4 aliphatic carbocycles. The van der Waals surface area contributed by atoms with Crippen molar-refractivity contribution in [3.05, 3.63) is 26.4 Å². The van der Waals surface area contributed by atoms with E-state index in [0.717, 1.165) is 23.8 Å². The summed E-state index contributed by atoms with van der Waals surface area (Å²) < 4.78 is 2.35. The van der Waals surface area contributed by atoms with E-state index in [0.29, 0.717) is 57.9 Å². The van der Waals surface area contributed by atoms with Crippen molar-refractivity contribution >= 4 is 23.7 Å². The van der Waals surface area contributed by atoms with E-state index in [2.05, 4.69) is 0 Å². The Labute approximate surface area is 242 Å². The molecule has 5 aliphatic rings. The third-order valence-corrected chi connectivity index (χ3v) is 11.2. The fraction of sp³-hybridized carbons (Fsp3) is 0.724. The van der Waals surface area contributed by atoms with Crippen LogP contribution in [0, 0.1) is 28.1 Å². The van der Waals surface area contributed by atoms with E-state index in [9.17, 15) is 34.2 Å². The minimum atomic E-state index is -0.930. The number of aliphatic carboxylic acids is 1. The van der Waals surface area contributed by atoms with Crippen LogP contribution in [0.3, 0.4) is 0 Å². The van der Waals surface area contributed by atoms with Gasteiger partial charge in [0.15, 0.2) is 0 Å². The number of nitrogens with two attached hydrogens (primary N) is 1. The Bertz CT molecular complexity index is 1480. The SMILES string of the molecule is CN1C(=O)N(CC2CC(C)(C(=O)O)C2)C2(CC3(CCC(n4c(=O)c(C(=N)N)c(O)n(CC5CCC5)c4=O)CC3)C2)C1=O. The van der Waals surface area contributed by atoms with Crippen LogP contribution in [0.15, 0.2) is 9.59 Å². The Balaban J connectivity index is 1.19. The zero-order chi connectivity index (χ0) is 30.4. The summed E-state index contributed by atoms with van der Waals surface area (Å²) >= 11 is 0. The molecule has 13 heteroatoms. The molecule has 13 nitrogen and oxygen atoms in total. The molecule has 0 atom stereocenters. The summed E-state index contributed by atoms with van der Waals surface area (Å²) in [4.78, 5) is 67.7. The predicted octanol–water partition coefficient (Wildman–Crippen LogP) is 1.83. The standard InChI is InChI=1S/C29H40N6O7/c1-27(24(39)40)10-17(11-27)13-34-25(41)32(2)23(38)29(34)14-28(15-29)8-6-18(7-9-28)35-22(37)19(20(30)31)21(36)33(26(35)42)12-16-4-3-5-16/h16-18,36H,3-15H2,1-2H3,(H3,30,31)(H,39,40). The quantitative estimate of drug-likeness (QED) is 0.212. The molecule has 6 rings (SSSR count). The van der Waals surface area contributed by atoms with E-state index >= 15 is 0 Å². The third kappa shape index (κ3) is 4.02. The van der Waals surface area contributed by atoms with E-state index in [1.807, 2.05) is 0 Å². The van der Waals surface area contributed by atoms with Crippen molar-refractivity contribution < 1.29 is 24.6 Å². The number of nitrogen functional groups attached to an aromatic ring is 1. The van der Waals surface area contributed by atoms with Crippen LogP contribution in [0.1, 0.15) is 89.2 Å². The second-order valence-corrected chi connectivity index (χ2v) is 14.0. The summed E-state index contributed by atoms with van der Waals surface area (Å²) in [7, 11) is 1.49. The Morgan fingerprint density at radius 2 is 1.64 bits per heavy atom. The molecular formula is C29H40N6O7. The number of aromatic hydroxyl groups is 1. The van der Waals surface area contributed by atoms with Crippen LogP contribution in [-0.2, 0) is 16.1 Å². The number of rotatable bonds is 7. The molecule has 0 bridgehead atoms. The number of urea groups is 1. The van der Waals surface area contributed by atoms with Crippen LogP contribution < -0.4 is 17.0 Å². The normalized spacial score (nSPS) is 34.4. The maximum absolute atomic E-state index is 13.5. The van der Waals surface area contributed by atoms with E-state index in [1.165, 1.54) is 16.5 Å². The molecule has 5 N–H and O–H groups in total. The number of amidine groups is 1. The first-order valence-electron chi connectivity index (χ1n) is 15.0. The molecule has 0 aromatic carbocycles. The lowest BCUT2D eigenvalue weighted by atomic mass is 9.51. The van der Waals surface area contributed by atoms with E-state index in [1.54, 1.807) is 11.8 Å². The van der Waals surface area contributed by atoms with Gasteiger partial charge in [0, 0.05) is 26.2 Å². The first-order valence-corrected chi connectivity index (χ1v) is 15.0. The van der Waals surface area contributed by atoms with Crippen LogP contribution in [0.4, 0.5) is 4.79 Å². The number of carboxylic acids is 1. The number of likely N-dealkylation sites (N-methyl/N-ethyl adjacent to an activating group) is 1. The number of hydrogen-bond donors (Lipinski definition) is 4. The molecule has 228 valence electrons. The number of aromatic nitrogens is 2. The van der Waals surface area contributed by atoms with Gasteiger partial charge in [-0.15, -0.1) is 0 Å². The van der Waals surface area contributed by atoms with Crippen LogP contribution in [0.25, 0.3) is 0 Å². The molecule has 0 unspecified atom stereocenters. The highest BCUT2D eigenvalue weighted by Crippen LogP contribution is 2.62. The van der Waals surface area contributed by atoms with Crippen molar-refractivity contribution in [3.8, 4) is 5.88 Å². The zero-order valence-corrected chi connectivity index (χ0v) is 24.2. The summed E-state index contributed by atoms with van der Waals surface area (Å²) in [5.41, 5.74) is 2.06. The topological polar surface area (TPSA) is 192 Å². The minimum absolute atomic E-state index is 0.0254. The first-order chi connectivity index (χ1) is 19.7. The summed E-state index contributed by atoms with van der Waals surface area (Å²) in [6.45, 7) is 2.34. The predicted molar refractivity (Wildman–Crippen MR) is 150 cm³/mol. The highest BCUT2D eigenvalue weighted by atomic mass is 16.4. The molecule has 2 heterocycles. The third-order valence-electron chi connectivity index (χ3n) is 11.2. The van der Waals surface area contributed by atoms with Gasteiger partial charge in [0.2, 0.25) is 5.88 Å². The van der Waals surface area contributed by atoms with Crippen molar-refractivity contribution in [1.82, 2.24) is 18.9 Å². The monoisotopic (exact) mass is 584 g/mol. The molecule has 1 saturated heterocycles. The maximum atomic E-state index is 13.5. The number of carboxylic acid groups (broad SMARTS) is 1. The van der Waals surface area contributed by atoms with Crippen molar-refractivity contribution in [2.75, 3.05) is 13.6 Å². The van der Waals surface area contributed by atoms with Gasteiger partial charge in [-0.2, -0.15) is 0 Å². The number of amides is 3. The summed E-state index contributed by atoms with van der Waals surface area (Å²) in [6, 6.07) is -0.770. The Kier molecular flexibility index (Phi) is 6.40. The lowest BCUT2D eigenvalue weighted by molar-refractivity contribution is -0.160. The van der Waals surface area contributed by atoms with Gasteiger partial charge in [0.25, 0.3) is 11.5 Å². The second kappa shape index (κ2) is 9.43. The first kappa shape index (κ1) is 28.5. The van der Waals surface area contributed by atoms with Crippen LogP contribution in [0.5, 0.6) is 5.88 Å². The smallest absolute Gasteiger partial charge is 0.334 e. The van der Waals surface area contributed by atoms with Gasteiger partial charge in [-0.3, -0.25) is 33.8 Å². The highest BCUT2D eigenvalue weighted by Gasteiger charge is 2.68.